The number of carbonyl (C=O) groups is 1. The molecule has 2 N–H and O–H groups in total. The highest BCUT2D eigenvalue weighted by molar-refractivity contribution is 9.13. The largest absolute Gasteiger partial charge is 0.363 e. The van der Waals surface area contributed by atoms with Crippen molar-refractivity contribution in [3.05, 3.63) is 37.7 Å². The van der Waals surface area contributed by atoms with Gasteiger partial charge in [0.2, 0.25) is 5.91 Å². The number of hydrogen-bond donors (Lipinski definition) is 2. The predicted octanol–water partition coefficient (Wildman–Crippen LogP) is 3.78. The molecule has 6 heteroatoms. The van der Waals surface area contributed by atoms with Gasteiger partial charge in [-0.05, 0) is 49.4 Å². The number of fused-ring (bicyclic) bond motifs is 1. The summed E-state index contributed by atoms with van der Waals surface area (Å²) in [5.74, 6) is 0.0804. The average Bonchev–Trinajstić information content (AvgIpc) is 2.86. The maximum absolute atomic E-state index is 10.6. The van der Waals surface area contributed by atoms with Gasteiger partial charge in [0.1, 0.15) is 0 Å². The van der Waals surface area contributed by atoms with Crippen LogP contribution in [0.2, 0.25) is 0 Å². The lowest BCUT2D eigenvalue weighted by atomic mass is 10.3. The minimum Gasteiger partial charge on any atom is -0.363 e. The Morgan fingerprint density at radius 3 is 2.62 bits per heavy atom. The summed E-state index contributed by atoms with van der Waals surface area (Å²) in [6.07, 6.45) is 2.33. The van der Waals surface area contributed by atoms with Gasteiger partial charge in [0, 0.05) is 16.4 Å². The number of carbonyl (C=O) groups excluding carboxylic acids is 1. The lowest BCUT2D eigenvalue weighted by Crippen LogP contribution is -2.04. The molecule has 0 aliphatic carbocycles. The van der Waals surface area contributed by atoms with Crippen LogP contribution in [0, 0.1) is 0 Å². The van der Waals surface area contributed by atoms with Gasteiger partial charge in [0.15, 0.2) is 0 Å². The van der Waals surface area contributed by atoms with Gasteiger partial charge in [-0.3, -0.25) is 4.79 Å². The zero-order valence-corrected chi connectivity index (χ0v) is 12.1. The summed E-state index contributed by atoms with van der Waals surface area (Å²) < 4.78 is 2.30. The molecule has 1 aliphatic heterocycles. The Bertz CT molecular complexity index is 467. The highest BCUT2D eigenvalue weighted by Crippen LogP contribution is 2.27. The molecule has 0 saturated carbocycles. The van der Waals surface area contributed by atoms with Crippen LogP contribution in [0.5, 0.6) is 0 Å². The second kappa shape index (κ2) is 5.16. The Kier molecular flexibility index (Phi) is 3.83. The highest BCUT2D eigenvalue weighted by atomic mass is 79.9. The van der Waals surface area contributed by atoms with E-state index < -0.39 is 0 Å². The van der Waals surface area contributed by atoms with Gasteiger partial charge in [-0.15, -0.1) is 11.3 Å². The molecule has 2 aromatic heterocycles. The number of rotatable bonds is 0. The first-order chi connectivity index (χ1) is 7.66. The highest BCUT2D eigenvalue weighted by Gasteiger charge is 2.16. The summed E-state index contributed by atoms with van der Waals surface area (Å²) >= 11 is 8.34. The van der Waals surface area contributed by atoms with E-state index in [4.69, 9.17) is 0 Å². The number of hydrogen-bond acceptors (Lipinski definition) is 2. The van der Waals surface area contributed by atoms with Crippen LogP contribution in [0.4, 0.5) is 5.69 Å². The number of aromatic amines is 1. The molecule has 84 valence electrons. The summed E-state index contributed by atoms with van der Waals surface area (Å²) in [5.41, 5.74) is 1.93. The normalized spacial score (nSPS) is 12.8. The first-order valence-corrected chi connectivity index (χ1v) is 6.98. The predicted molar refractivity (Wildman–Crippen MR) is 72.8 cm³/mol. The Morgan fingerprint density at radius 1 is 1.31 bits per heavy atom. The van der Waals surface area contributed by atoms with Crippen LogP contribution in [0.15, 0.2) is 32.0 Å². The van der Waals surface area contributed by atoms with Gasteiger partial charge in [-0.1, -0.05) is 0 Å². The summed E-state index contributed by atoms with van der Waals surface area (Å²) in [7, 11) is 0. The summed E-state index contributed by atoms with van der Waals surface area (Å²) in [6, 6.07) is 3.87. The molecule has 1 amide bonds. The number of halogens is 2. The van der Waals surface area contributed by atoms with E-state index >= 15 is 0 Å². The standard InChI is InChI=1S/C6H6N2O.C4H2Br2S/c9-6-3-5-4(8-6)1-2-7-5;5-3-1-2-7-4(3)6/h1-2,7H,3H2,(H,8,9);1-2H. The molecule has 0 spiro atoms. The number of amides is 1. The molecule has 0 bridgehead atoms. The third kappa shape index (κ3) is 2.75. The average molecular weight is 364 g/mol. The monoisotopic (exact) mass is 362 g/mol. The van der Waals surface area contributed by atoms with Crippen molar-refractivity contribution in [2.75, 3.05) is 5.32 Å². The van der Waals surface area contributed by atoms with Gasteiger partial charge in [0.05, 0.1) is 15.9 Å². The number of aromatic nitrogens is 1. The Morgan fingerprint density at radius 2 is 2.12 bits per heavy atom. The van der Waals surface area contributed by atoms with E-state index in [1.165, 1.54) is 0 Å². The number of anilines is 1. The number of nitrogens with one attached hydrogen (secondary N) is 2. The van der Waals surface area contributed by atoms with E-state index in [0.29, 0.717) is 6.42 Å². The van der Waals surface area contributed by atoms with Crippen molar-refractivity contribution in [1.82, 2.24) is 4.98 Å². The van der Waals surface area contributed by atoms with E-state index in [-0.39, 0.29) is 5.91 Å². The smallest absolute Gasteiger partial charge is 0.230 e. The van der Waals surface area contributed by atoms with E-state index in [9.17, 15) is 4.79 Å². The molecular weight excluding hydrogens is 356 g/mol. The molecule has 3 rings (SSSR count). The van der Waals surface area contributed by atoms with Gasteiger partial charge in [-0.25, -0.2) is 0 Å². The van der Waals surface area contributed by atoms with Crippen molar-refractivity contribution >= 4 is 54.8 Å². The zero-order chi connectivity index (χ0) is 11.5. The molecule has 2 aromatic rings. The molecule has 0 fully saturated rings. The van der Waals surface area contributed by atoms with E-state index in [1.54, 1.807) is 11.3 Å². The van der Waals surface area contributed by atoms with Crippen molar-refractivity contribution in [3.63, 3.8) is 0 Å². The van der Waals surface area contributed by atoms with Crippen LogP contribution in [-0.4, -0.2) is 10.9 Å². The molecule has 0 atom stereocenters. The first kappa shape index (κ1) is 11.9. The summed E-state index contributed by atoms with van der Waals surface area (Å²) in [4.78, 5) is 13.6. The minimum atomic E-state index is 0.0804. The quantitative estimate of drug-likeness (QED) is 0.734. The fourth-order valence-corrected chi connectivity index (χ4v) is 2.85. The fraction of sp³-hybridized carbons (Fsp3) is 0.100. The Labute approximate surface area is 114 Å². The van der Waals surface area contributed by atoms with Crippen LogP contribution in [0.25, 0.3) is 0 Å². The van der Waals surface area contributed by atoms with Gasteiger partial charge >= 0.3 is 0 Å². The fourth-order valence-electron chi connectivity index (χ4n) is 1.30. The van der Waals surface area contributed by atoms with Crippen molar-refractivity contribution in [3.8, 4) is 0 Å². The maximum Gasteiger partial charge on any atom is 0.230 e. The molecule has 0 saturated heterocycles. The molecule has 3 nitrogen and oxygen atoms in total. The minimum absolute atomic E-state index is 0.0804. The number of thiophene rings is 1. The topological polar surface area (TPSA) is 44.9 Å². The molecule has 0 unspecified atom stereocenters. The van der Waals surface area contributed by atoms with Crippen molar-refractivity contribution in [2.45, 2.75) is 6.42 Å². The van der Waals surface area contributed by atoms with Gasteiger partial charge < -0.3 is 10.3 Å². The molecular formula is C10H8Br2N2OS. The number of H-pyrrole nitrogens is 1. The third-order valence-electron chi connectivity index (χ3n) is 2.02. The molecule has 0 radical (unpaired) electrons. The molecule has 16 heavy (non-hydrogen) atoms. The first-order valence-electron chi connectivity index (χ1n) is 4.51. The van der Waals surface area contributed by atoms with Crippen molar-refractivity contribution in [1.29, 1.82) is 0 Å². The second-order valence-electron chi connectivity index (χ2n) is 3.14. The zero-order valence-electron chi connectivity index (χ0n) is 8.09. The van der Waals surface area contributed by atoms with Gasteiger partial charge in [-0.2, -0.15) is 0 Å². The third-order valence-corrected chi connectivity index (χ3v) is 5.16. The molecule has 1 aliphatic rings. The summed E-state index contributed by atoms with van der Waals surface area (Å²) in [5, 5.41) is 4.73. The van der Waals surface area contributed by atoms with Crippen LogP contribution in [0.3, 0.4) is 0 Å². The van der Waals surface area contributed by atoms with E-state index in [1.807, 2.05) is 23.7 Å². The Hall–Kier alpha value is -0.590. The van der Waals surface area contributed by atoms with E-state index in [0.717, 1.165) is 19.6 Å². The molecule has 0 aromatic carbocycles. The lowest BCUT2D eigenvalue weighted by molar-refractivity contribution is -0.115. The van der Waals surface area contributed by atoms with Gasteiger partial charge in [0.25, 0.3) is 0 Å². The van der Waals surface area contributed by atoms with Crippen LogP contribution >= 0.6 is 43.2 Å². The second-order valence-corrected chi connectivity index (χ2v) is 6.23. The van der Waals surface area contributed by atoms with E-state index in [2.05, 4.69) is 42.2 Å². The van der Waals surface area contributed by atoms with Crippen LogP contribution in [0.1, 0.15) is 5.69 Å². The molecule has 3 heterocycles. The SMILES string of the molecule is Brc1ccsc1Br.O=C1Cc2[nH]ccc2N1. The van der Waals surface area contributed by atoms with Crippen molar-refractivity contribution < 1.29 is 4.79 Å². The Balaban J connectivity index is 0.000000125. The summed E-state index contributed by atoms with van der Waals surface area (Å²) in [6.45, 7) is 0. The van der Waals surface area contributed by atoms with Crippen molar-refractivity contribution in [2.24, 2.45) is 0 Å². The lowest BCUT2D eigenvalue weighted by Gasteiger charge is -1.85. The van der Waals surface area contributed by atoms with Crippen LogP contribution < -0.4 is 5.32 Å². The van der Waals surface area contributed by atoms with Crippen LogP contribution in [-0.2, 0) is 11.2 Å². The maximum atomic E-state index is 10.6.